The number of carbonyl (C=O) groups excluding carboxylic acids is 1. The van der Waals surface area contributed by atoms with E-state index in [4.69, 9.17) is 0 Å². The second kappa shape index (κ2) is 8.19. The average molecular weight is 366 g/mol. The summed E-state index contributed by atoms with van der Waals surface area (Å²) in [4.78, 5) is 16.7. The van der Waals surface area contributed by atoms with Gasteiger partial charge >= 0.3 is 0 Å². The molecule has 2 aromatic heterocycles. The fourth-order valence-electron chi connectivity index (χ4n) is 2.77. The lowest BCUT2D eigenvalue weighted by Gasteiger charge is -2.08. The highest BCUT2D eigenvalue weighted by atomic mass is 32.2. The van der Waals surface area contributed by atoms with Crippen LogP contribution in [0.15, 0.2) is 53.7 Å². The molecule has 0 radical (unpaired) electrons. The molecule has 1 amide bonds. The maximum absolute atomic E-state index is 12.4. The molecule has 2 heterocycles. The minimum absolute atomic E-state index is 0.0290. The van der Waals surface area contributed by atoms with Gasteiger partial charge in [-0.2, -0.15) is 5.10 Å². The number of carbonyl (C=O) groups is 1. The molecule has 0 bridgehead atoms. The Hall–Kier alpha value is -2.60. The van der Waals surface area contributed by atoms with Crippen LogP contribution in [-0.4, -0.2) is 20.7 Å². The molecular weight excluding hydrogens is 344 g/mol. The zero-order chi connectivity index (χ0) is 18.5. The number of benzene rings is 1. The standard InChI is InChI=1S/C20H22N4OS/c1-14-18(15(2)24(3)23-14)12-19(25)22-17-8-6-7-16(11-17)13-26-20-9-4-5-10-21-20/h4-11H,12-13H2,1-3H3,(H,22,25). The minimum Gasteiger partial charge on any atom is -0.326 e. The van der Waals surface area contributed by atoms with Crippen LogP contribution in [0.2, 0.25) is 0 Å². The first-order valence-electron chi connectivity index (χ1n) is 8.44. The molecule has 0 fully saturated rings. The summed E-state index contributed by atoms with van der Waals surface area (Å²) in [5.74, 6) is 0.778. The van der Waals surface area contributed by atoms with Gasteiger partial charge in [-0.05, 0) is 43.7 Å². The van der Waals surface area contributed by atoms with Crippen LogP contribution in [0, 0.1) is 13.8 Å². The van der Waals surface area contributed by atoms with E-state index in [9.17, 15) is 4.79 Å². The fourth-order valence-corrected chi connectivity index (χ4v) is 3.57. The van der Waals surface area contributed by atoms with Crippen molar-refractivity contribution in [3.05, 3.63) is 71.2 Å². The van der Waals surface area contributed by atoms with Crippen molar-refractivity contribution < 1.29 is 4.79 Å². The lowest BCUT2D eigenvalue weighted by molar-refractivity contribution is -0.115. The van der Waals surface area contributed by atoms with Crippen molar-refractivity contribution >= 4 is 23.4 Å². The molecule has 0 atom stereocenters. The summed E-state index contributed by atoms with van der Waals surface area (Å²) in [5, 5.41) is 8.35. The van der Waals surface area contributed by atoms with E-state index in [1.54, 1.807) is 18.0 Å². The van der Waals surface area contributed by atoms with Crippen molar-refractivity contribution in [2.45, 2.75) is 31.0 Å². The number of rotatable bonds is 6. The number of pyridine rings is 1. The van der Waals surface area contributed by atoms with Gasteiger partial charge in [0.05, 0.1) is 17.1 Å². The third-order valence-corrected chi connectivity index (χ3v) is 5.25. The lowest BCUT2D eigenvalue weighted by atomic mass is 10.1. The van der Waals surface area contributed by atoms with Gasteiger partial charge in [0, 0.05) is 35.9 Å². The molecule has 1 aromatic carbocycles. The zero-order valence-electron chi connectivity index (χ0n) is 15.2. The summed E-state index contributed by atoms with van der Waals surface area (Å²) in [6, 6.07) is 13.8. The van der Waals surface area contributed by atoms with Gasteiger partial charge < -0.3 is 5.32 Å². The molecule has 0 spiro atoms. The molecular formula is C20H22N4OS. The van der Waals surface area contributed by atoms with Crippen LogP contribution in [-0.2, 0) is 24.0 Å². The average Bonchev–Trinajstić information content (AvgIpc) is 2.87. The van der Waals surface area contributed by atoms with Crippen molar-refractivity contribution in [1.29, 1.82) is 0 Å². The third kappa shape index (κ3) is 4.52. The number of hydrogen-bond acceptors (Lipinski definition) is 4. The number of thioether (sulfide) groups is 1. The first kappa shape index (κ1) is 18.2. The Morgan fingerprint density at radius 3 is 2.73 bits per heavy atom. The van der Waals surface area contributed by atoms with E-state index >= 15 is 0 Å². The summed E-state index contributed by atoms with van der Waals surface area (Å²) < 4.78 is 1.81. The quantitative estimate of drug-likeness (QED) is 0.672. The molecule has 0 unspecified atom stereocenters. The van der Waals surface area contributed by atoms with Gasteiger partial charge in [0.2, 0.25) is 5.91 Å². The first-order valence-corrected chi connectivity index (χ1v) is 9.43. The Balaban J connectivity index is 1.62. The highest BCUT2D eigenvalue weighted by molar-refractivity contribution is 7.98. The molecule has 6 heteroatoms. The molecule has 0 saturated heterocycles. The predicted molar refractivity (Wildman–Crippen MR) is 105 cm³/mol. The van der Waals surface area contributed by atoms with E-state index in [0.717, 1.165) is 39.0 Å². The van der Waals surface area contributed by atoms with Crippen molar-refractivity contribution in [3.63, 3.8) is 0 Å². The summed E-state index contributed by atoms with van der Waals surface area (Å²) >= 11 is 1.68. The number of aromatic nitrogens is 3. The maximum Gasteiger partial charge on any atom is 0.228 e. The maximum atomic E-state index is 12.4. The molecule has 1 N–H and O–H groups in total. The van der Waals surface area contributed by atoms with E-state index in [1.807, 2.05) is 62.0 Å². The summed E-state index contributed by atoms with van der Waals surface area (Å²) in [7, 11) is 1.90. The van der Waals surface area contributed by atoms with Crippen LogP contribution in [0.1, 0.15) is 22.5 Å². The number of anilines is 1. The van der Waals surface area contributed by atoms with E-state index in [0.29, 0.717) is 6.42 Å². The van der Waals surface area contributed by atoms with Crippen LogP contribution in [0.25, 0.3) is 0 Å². The van der Waals surface area contributed by atoms with Gasteiger partial charge in [0.25, 0.3) is 0 Å². The van der Waals surface area contributed by atoms with Gasteiger partial charge in [0.1, 0.15) is 0 Å². The monoisotopic (exact) mass is 366 g/mol. The SMILES string of the molecule is Cc1nn(C)c(C)c1CC(=O)Nc1cccc(CSc2ccccn2)c1. The topological polar surface area (TPSA) is 59.8 Å². The number of aryl methyl sites for hydroxylation is 2. The second-order valence-electron chi connectivity index (χ2n) is 6.15. The number of nitrogens with zero attached hydrogens (tertiary/aromatic N) is 3. The Labute approximate surface area is 157 Å². The van der Waals surface area contributed by atoms with Crippen molar-refractivity contribution in [3.8, 4) is 0 Å². The van der Waals surface area contributed by atoms with E-state index in [-0.39, 0.29) is 5.91 Å². The molecule has 0 saturated carbocycles. The van der Waals surface area contributed by atoms with E-state index in [1.165, 1.54) is 0 Å². The van der Waals surface area contributed by atoms with Crippen LogP contribution < -0.4 is 5.32 Å². The zero-order valence-corrected chi connectivity index (χ0v) is 16.0. The van der Waals surface area contributed by atoms with Crippen LogP contribution >= 0.6 is 11.8 Å². The third-order valence-electron chi connectivity index (χ3n) is 4.23. The molecule has 134 valence electrons. The second-order valence-corrected chi connectivity index (χ2v) is 7.15. The summed E-state index contributed by atoms with van der Waals surface area (Å²) in [6.07, 6.45) is 2.12. The Kier molecular flexibility index (Phi) is 5.73. The molecule has 5 nitrogen and oxygen atoms in total. The highest BCUT2D eigenvalue weighted by Crippen LogP contribution is 2.22. The largest absolute Gasteiger partial charge is 0.326 e. The smallest absolute Gasteiger partial charge is 0.228 e. The van der Waals surface area contributed by atoms with Crippen molar-refractivity contribution in [2.24, 2.45) is 7.05 Å². The Bertz CT molecular complexity index is 905. The fraction of sp³-hybridized carbons (Fsp3) is 0.250. The first-order chi connectivity index (χ1) is 12.5. The van der Waals surface area contributed by atoms with Crippen LogP contribution in [0.5, 0.6) is 0 Å². The lowest BCUT2D eigenvalue weighted by Crippen LogP contribution is -2.15. The van der Waals surface area contributed by atoms with Gasteiger partial charge in [-0.3, -0.25) is 9.48 Å². The molecule has 3 rings (SSSR count). The predicted octanol–water partition coefficient (Wildman–Crippen LogP) is 3.91. The van der Waals surface area contributed by atoms with Crippen LogP contribution in [0.3, 0.4) is 0 Å². The van der Waals surface area contributed by atoms with Crippen molar-refractivity contribution in [1.82, 2.24) is 14.8 Å². The molecule has 0 aliphatic carbocycles. The molecule has 0 aliphatic heterocycles. The number of amides is 1. The molecule has 0 aliphatic rings. The van der Waals surface area contributed by atoms with E-state index in [2.05, 4.69) is 21.5 Å². The van der Waals surface area contributed by atoms with Crippen LogP contribution in [0.4, 0.5) is 5.69 Å². The highest BCUT2D eigenvalue weighted by Gasteiger charge is 2.13. The normalized spacial score (nSPS) is 10.7. The summed E-state index contributed by atoms with van der Waals surface area (Å²) in [5.41, 5.74) is 4.88. The van der Waals surface area contributed by atoms with Crippen molar-refractivity contribution in [2.75, 3.05) is 5.32 Å². The minimum atomic E-state index is -0.0290. The van der Waals surface area contributed by atoms with Gasteiger partial charge in [0.15, 0.2) is 0 Å². The molecule has 26 heavy (non-hydrogen) atoms. The number of nitrogens with one attached hydrogen (secondary N) is 1. The Morgan fingerprint density at radius 1 is 1.19 bits per heavy atom. The number of hydrogen-bond donors (Lipinski definition) is 1. The summed E-state index contributed by atoms with van der Waals surface area (Å²) in [6.45, 7) is 3.92. The van der Waals surface area contributed by atoms with Gasteiger partial charge in [-0.15, -0.1) is 11.8 Å². The van der Waals surface area contributed by atoms with Gasteiger partial charge in [-0.25, -0.2) is 4.98 Å². The van der Waals surface area contributed by atoms with E-state index < -0.39 is 0 Å². The Morgan fingerprint density at radius 2 is 2.04 bits per heavy atom. The van der Waals surface area contributed by atoms with Gasteiger partial charge in [-0.1, -0.05) is 18.2 Å². The molecule has 3 aromatic rings.